The smallest absolute Gasteiger partial charge is 0.150 e. The van der Waals surface area contributed by atoms with Crippen molar-refractivity contribution in [3.8, 4) is 17.3 Å². The molecule has 0 aliphatic rings. The van der Waals surface area contributed by atoms with Crippen molar-refractivity contribution >= 4 is 5.82 Å². The molecule has 0 spiro atoms. The van der Waals surface area contributed by atoms with Crippen LogP contribution in [-0.4, -0.2) is 9.66 Å². The van der Waals surface area contributed by atoms with Gasteiger partial charge in [0, 0.05) is 11.0 Å². The highest BCUT2D eigenvalue weighted by molar-refractivity contribution is 5.72. The fraction of sp³-hybridized carbons (Fsp3) is 0.286. The highest BCUT2D eigenvalue weighted by atomic mass is 15.4. The third-order valence-electron chi connectivity index (χ3n) is 2.88. The largest absolute Gasteiger partial charge is 0.382 e. The molecule has 1 aromatic carbocycles. The summed E-state index contributed by atoms with van der Waals surface area (Å²) in [6.07, 6.45) is 0. The maximum Gasteiger partial charge on any atom is 0.150 e. The van der Waals surface area contributed by atoms with E-state index in [4.69, 9.17) is 16.8 Å². The molecule has 5 nitrogen and oxygen atoms in total. The van der Waals surface area contributed by atoms with E-state index >= 15 is 0 Å². The number of nitrogens with two attached hydrogens (primary N) is 2. The summed E-state index contributed by atoms with van der Waals surface area (Å²) < 4.78 is 1.41. The van der Waals surface area contributed by atoms with E-state index < -0.39 is 0 Å². The molecule has 0 aliphatic heterocycles. The fourth-order valence-corrected chi connectivity index (χ4v) is 1.92. The number of nitrogens with zero attached hydrogens (tertiary/aromatic N) is 3. The van der Waals surface area contributed by atoms with Crippen LogP contribution >= 0.6 is 0 Å². The maximum atomic E-state index is 8.94. The second-order valence-corrected chi connectivity index (χ2v) is 5.48. The van der Waals surface area contributed by atoms with Crippen molar-refractivity contribution in [3.05, 3.63) is 35.7 Å². The van der Waals surface area contributed by atoms with E-state index in [9.17, 15) is 0 Å². The second-order valence-electron chi connectivity index (χ2n) is 5.48. The monoisotopic (exact) mass is 255 g/mol. The number of hydrogen-bond acceptors (Lipinski definition) is 4. The number of anilines is 1. The van der Waals surface area contributed by atoms with Gasteiger partial charge in [-0.05, 0) is 12.1 Å². The van der Waals surface area contributed by atoms with Crippen molar-refractivity contribution in [3.63, 3.8) is 0 Å². The summed E-state index contributed by atoms with van der Waals surface area (Å²) in [4.78, 5) is 4.53. The summed E-state index contributed by atoms with van der Waals surface area (Å²) in [5, 5.41) is 8.94. The summed E-state index contributed by atoms with van der Waals surface area (Å²) in [5.74, 6) is 7.07. The van der Waals surface area contributed by atoms with Gasteiger partial charge in [0.1, 0.15) is 11.5 Å². The van der Waals surface area contributed by atoms with Gasteiger partial charge in [-0.3, -0.25) is 0 Å². The highest BCUT2D eigenvalue weighted by Crippen LogP contribution is 2.30. The van der Waals surface area contributed by atoms with Crippen LogP contribution in [0.4, 0.5) is 5.82 Å². The van der Waals surface area contributed by atoms with Crippen LogP contribution in [0.1, 0.15) is 32.2 Å². The Morgan fingerprint density at radius 3 is 2.53 bits per heavy atom. The minimum atomic E-state index is -0.200. The van der Waals surface area contributed by atoms with Gasteiger partial charge in [0.25, 0.3) is 0 Å². The summed E-state index contributed by atoms with van der Waals surface area (Å²) in [5.41, 5.74) is 7.80. The Kier molecular flexibility index (Phi) is 2.95. The Morgan fingerprint density at radius 1 is 1.32 bits per heavy atom. The van der Waals surface area contributed by atoms with Crippen LogP contribution in [0.25, 0.3) is 11.3 Å². The molecule has 0 saturated heterocycles. The zero-order chi connectivity index (χ0) is 14.2. The normalized spacial score (nSPS) is 11.3. The van der Waals surface area contributed by atoms with E-state index in [0.717, 1.165) is 5.56 Å². The molecular formula is C14H17N5. The first kappa shape index (κ1) is 13.0. The number of hydrogen-bond donors (Lipinski definition) is 2. The zero-order valence-corrected chi connectivity index (χ0v) is 11.3. The third kappa shape index (κ3) is 2.25. The average molecular weight is 255 g/mol. The topological polar surface area (TPSA) is 93.6 Å². The van der Waals surface area contributed by atoms with Gasteiger partial charge in [0.2, 0.25) is 0 Å². The van der Waals surface area contributed by atoms with Crippen LogP contribution in [0.3, 0.4) is 0 Å². The van der Waals surface area contributed by atoms with Crippen LogP contribution < -0.4 is 11.6 Å². The molecule has 0 unspecified atom stereocenters. The number of nitriles is 1. The van der Waals surface area contributed by atoms with Crippen molar-refractivity contribution in [2.45, 2.75) is 26.2 Å². The molecule has 1 aromatic heterocycles. The van der Waals surface area contributed by atoms with Crippen LogP contribution in [0.2, 0.25) is 0 Å². The predicted octanol–water partition coefficient (Wildman–Crippen LogP) is 2.02. The molecule has 5 heteroatoms. The standard InChI is InChI=1S/C14H17N5/c1-14(2,3)13-18-11(12(16)19(13)17)10-6-4-5-9(7-10)8-15/h4-7H,16-17H2,1-3H3. The van der Waals surface area contributed by atoms with Gasteiger partial charge < -0.3 is 11.6 Å². The van der Waals surface area contributed by atoms with Gasteiger partial charge in [-0.1, -0.05) is 32.9 Å². The molecule has 1 heterocycles. The van der Waals surface area contributed by atoms with Crippen molar-refractivity contribution < 1.29 is 0 Å². The van der Waals surface area contributed by atoms with Crippen molar-refractivity contribution in [2.24, 2.45) is 0 Å². The lowest BCUT2D eigenvalue weighted by atomic mass is 9.96. The highest BCUT2D eigenvalue weighted by Gasteiger charge is 2.24. The molecule has 0 fully saturated rings. The maximum absolute atomic E-state index is 8.94. The molecule has 0 atom stereocenters. The van der Waals surface area contributed by atoms with Crippen LogP contribution in [0.15, 0.2) is 24.3 Å². The van der Waals surface area contributed by atoms with Gasteiger partial charge >= 0.3 is 0 Å². The van der Waals surface area contributed by atoms with Crippen LogP contribution in [-0.2, 0) is 5.41 Å². The molecule has 98 valence electrons. The average Bonchev–Trinajstić information content (AvgIpc) is 2.66. The van der Waals surface area contributed by atoms with E-state index in [1.165, 1.54) is 4.68 Å². The molecule has 0 aliphatic carbocycles. The van der Waals surface area contributed by atoms with Gasteiger partial charge in [-0.25, -0.2) is 9.66 Å². The van der Waals surface area contributed by atoms with Crippen molar-refractivity contribution in [1.82, 2.24) is 9.66 Å². The lowest BCUT2D eigenvalue weighted by Gasteiger charge is -2.17. The van der Waals surface area contributed by atoms with Crippen molar-refractivity contribution in [2.75, 3.05) is 11.6 Å². The van der Waals surface area contributed by atoms with Crippen LogP contribution in [0.5, 0.6) is 0 Å². The fourth-order valence-electron chi connectivity index (χ4n) is 1.92. The summed E-state index contributed by atoms with van der Waals surface area (Å²) in [7, 11) is 0. The zero-order valence-electron chi connectivity index (χ0n) is 11.3. The minimum absolute atomic E-state index is 0.200. The third-order valence-corrected chi connectivity index (χ3v) is 2.88. The van der Waals surface area contributed by atoms with E-state index in [1.54, 1.807) is 18.2 Å². The first-order valence-electron chi connectivity index (χ1n) is 5.99. The van der Waals surface area contributed by atoms with Gasteiger partial charge in [0.15, 0.2) is 5.82 Å². The molecule has 0 bridgehead atoms. The molecule has 0 saturated carbocycles. The summed E-state index contributed by atoms with van der Waals surface area (Å²) in [6, 6.07) is 9.27. The molecular weight excluding hydrogens is 238 g/mol. The Bertz CT molecular complexity index is 655. The summed E-state index contributed by atoms with van der Waals surface area (Å²) in [6.45, 7) is 6.06. The molecule has 0 radical (unpaired) electrons. The lowest BCUT2D eigenvalue weighted by Crippen LogP contribution is -2.24. The lowest BCUT2D eigenvalue weighted by molar-refractivity contribution is 0.532. The number of nitrogen functional groups attached to an aromatic ring is 2. The first-order valence-corrected chi connectivity index (χ1v) is 5.99. The van der Waals surface area contributed by atoms with Gasteiger partial charge in [0.05, 0.1) is 11.6 Å². The Hall–Kier alpha value is -2.48. The quantitative estimate of drug-likeness (QED) is 0.762. The number of benzene rings is 1. The minimum Gasteiger partial charge on any atom is -0.382 e. The van der Waals surface area contributed by atoms with Gasteiger partial charge in [-0.2, -0.15) is 5.26 Å². The Morgan fingerprint density at radius 2 is 2.00 bits per heavy atom. The first-order chi connectivity index (χ1) is 8.84. The molecule has 2 aromatic rings. The Labute approximate surface area is 112 Å². The van der Waals surface area contributed by atoms with Crippen molar-refractivity contribution in [1.29, 1.82) is 5.26 Å². The number of aromatic nitrogens is 2. The van der Waals surface area contributed by atoms with E-state index in [2.05, 4.69) is 11.1 Å². The molecule has 2 rings (SSSR count). The molecule has 19 heavy (non-hydrogen) atoms. The van der Waals surface area contributed by atoms with E-state index in [1.807, 2.05) is 26.8 Å². The number of imidazole rings is 1. The summed E-state index contributed by atoms with van der Waals surface area (Å²) >= 11 is 0. The van der Waals surface area contributed by atoms with Gasteiger partial charge in [-0.15, -0.1) is 0 Å². The number of rotatable bonds is 1. The van der Waals surface area contributed by atoms with E-state index in [0.29, 0.717) is 22.9 Å². The Balaban J connectivity index is 2.61. The second kappa shape index (κ2) is 4.32. The molecule has 4 N–H and O–H groups in total. The predicted molar refractivity (Wildman–Crippen MR) is 75.6 cm³/mol. The molecule has 0 amide bonds. The van der Waals surface area contributed by atoms with Crippen LogP contribution in [0, 0.1) is 11.3 Å². The SMILES string of the molecule is CC(C)(C)c1nc(-c2cccc(C#N)c2)c(N)n1N. The van der Waals surface area contributed by atoms with E-state index in [-0.39, 0.29) is 5.41 Å².